The van der Waals surface area contributed by atoms with Gasteiger partial charge in [-0.25, -0.2) is 4.68 Å². The van der Waals surface area contributed by atoms with Gasteiger partial charge in [-0.15, -0.1) is 5.10 Å². The summed E-state index contributed by atoms with van der Waals surface area (Å²) < 4.78 is 8.28. The molecule has 0 aliphatic rings. The van der Waals surface area contributed by atoms with Crippen molar-refractivity contribution >= 4 is 41.3 Å². The van der Waals surface area contributed by atoms with Crippen LogP contribution in [0.1, 0.15) is 20.3 Å². The summed E-state index contributed by atoms with van der Waals surface area (Å²) in [5, 5.41) is 4.18. The molecule has 1 atom stereocenters. The van der Waals surface area contributed by atoms with Crippen molar-refractivity contribution in [2.24, 2.45) is 0 Å². The molecule has 0 saturated carbocycles. The van der Waals surface area contributed by atoms with Gasteiger partial charge < -0.3 is 4.74 Å². The van der Waals surface area contributed by atoms with Gasteiger partial charge in [0.25, 0.3) is 0 Å². The zero-order valence-electron chi connectivity index (χ0n) is 11.8. The van der Waals surface area contributed by atoms with Crippen molar-refractivity contribution < 1.29 is 9.53 Å². The first kappa shape index (κ1) is 16.2. The van der Waals surface area contributed by atoms with Crippen LogP contribution in [0.3, 0.4) is 0 Å². The van der Waals surface area contributed by atoms with Crippen molar-refractivity contribution in [1.29, 1.82) is 0 Å². The standard InChI is InChI=1S/C14H16N2O2S3/c1-3-9-18-12(17)10(2)20-13-15-16(14(19)21-13)11-7-5-4-6-8-11/h4-8,10H,3,9H2,1-2H3. The summed E-state index contributed by atoms with van der Waals surface area (Å²) in [6.45, 7) is 4.25. The number of hydrogen-bond donors (Lipinski definition) is 0. The van der Waals surface area contributed by atoms with Gasteiger partial charge in [-0.05, 0) is 37.7 Å². The summed E-state index contributed by atoms with van der Waals surface area (Å²) in [6, 6.07) is 9.72. The Balaban J connectivity index is 2.09. The average molecular weight is 340 g/mol. The average Bonchev–Trinajstić information content (AvgIpc) is 2.86. The number of hydrogen-bond acceptors (Lipinski definition) is 6. The molecule has 0 bridgehead atoms. The van der Waals surface area contributed by atoms with Gasteiger partial charge >= 0.3 is 5.97 Å². The molecular formula is C14H16N2O2S3. The Morgan fingerprint density at radius 2 is 2.19 bits per heavy atom. The van der Waals surface area contributed by atoms with Crippen molar-refractivity contribution in [2.45, 2.75) is 29.9 Å². The smallest absolute Gasteiger partial charge is 0.319 e. The second kappa shape index (κ2) is 7.72. The SMILES string of the molecule is CCCOC(=O)C(C)Sc1nn(-c2ccccc2)c(=S)s1. The van der Waals surface area contributed by atoms with Crippen molar-refractivity contribution in [3.8, 4) is 5.69 Å². The van der Waals surface area contributed by atoms with E-state index in [1.54, 1.807) is 4.68 Å². The van der Waals surface area contributed by atoms with Gasteiger partial charge in [-0.1, -0.05) is 48.2 Å². The molecule has 7 heteroatoms. The zero-order chi connectivity index (χ0) is 15.2. The number of nitrogens with zero attached hydrogens (tertiary/aromatic N) is 2. The molecule has 0 radical (unpaired) electrons. The number of benzene rings is 1. The summed E-state index contributed by atoms with van der Waals surface area (Å²) in [5.41, 5.74) is 0.923. The third kappa shape index (κ3) is 4.39. The van der Waals surface area contributed by atoms with Crippen molar-refractivity contribution in [3.63, 3.8) is 0 Å². The summed E-state index contributed by atoms with van der Waals surface area (Å²) in [4.78, 5) is 11.8. The van der Waals surface area contributed by atoms with Gasteiger partial charge in [0, 0.05) is 0 Å². The first-order chi connectivity index (χ1) is 10.1. The molecule has 21 heavy (non-hydrogen) atoms. The van der Waals surface area contributed by atoms with Crippen LogP contribution in [0.25, 0.3) is 5.69 Å². The fourth-order valence-corrected chi connectivity index (χ4v) is 4.06. The summed E-state index contributed by atoms with van der Waals surface area (Å²) in [5.74, 6) is -0.214. The molecule has 0 N–H and O–H groups in total. The molecule has 1 heterocycles. The lowest BCUT2D eigenvalue weighted by molar-refractivity contribution is -0.142. The van der Waals surface area contributed by atoms with Gasteiger partial charge in [0.15, 0.2) is 8.29 Å². The first-order valence-corrected chi connectivity index (χ1v) is 8.71. The number of rotatable bonds is 6. The van der Waals surface area contributed by atoms with Gasteiger partial charge in [0.2, 0.25) is 0 Å². The molecule has 0 fully saturated rings. The fraction of sp³-hybridized carbons (Fsp3) is 0.357. The lowest BCUT2D eigenvalue weighted by Gasteiger charge is -2.08. The normalized spacial score (nSPS) is 12.1. The molecule has 2 rings (SSSR count). The third-order valence-electron chi connectivity index (χ3n) is 2.59. The monoisotopic (exact) mass is 340 g/mol. The second-order valence-electron chi connectivity index (χ2n) is 4.31. The Kier molecular flexibility index (Phi) is 5.96. The van der Waals surface area contributed by atoms with Crippen LogP contribution in [0.2, 0.25) is 0 Å². The Morgan fingerprint density at radius 1 is 1.48 bits per heavy atom. The van der Waals surface area contributed by atoms with E-state index in [1.165, 1.54) is 23.1 Å². The minimum Gasteiger partial charge on any atom is -0.465 e. The van der Waals surface area contributed by atoms with E-state index in [2.05, 4.69) is 5.10 Å². The van der Waals surface area contributed by atoms with Crippen LogP contribution in [0.5, 0.6) is 0 Å². The number of carbonyl (C=O) groups excluding carboxylic acids is 1. The van der Waals surface area contributed by atoms with Crippen LogP contribution in [-0.4, -0.2) is 27.6 Å². The fourth-order valence-electron chi connectivity index (χ4n) is 1.56. The van der Waals surface area contributed by atoms with E-state index in [0.29, 0.717) is 10.6 Å². The predicted octanol–water partition coefficient (Wildman–Crippen LogP) is 4.10. The molecule has 4 nitrogen and oxygen atoms in total. The molecule has 1 unspecified atom stereocenters. The first-order valence-electron chi connectivity index (χ1n) is 6.60. The molecule has 2 aromatic rings. The number of thioether (sulfide) groups is 1. The van der Waals surface area contributed by atoms with Crippen molar-refractivity contribution in [2.75, 3.05) is 6.61 Å². The maximum Gasteiger partial charge on any atom is 0.319 e. The van der Waals surface area contributed by atoms with Gasteiger partial charge in [-0.2, -0.15) is 0 Å². The van der Waals surface area contributed by atoms with Crippen LogP contribution in [0.15, 0.2) is 34.7 Å². The molecule has 1 aromatic heterocycles. The molecule has 0 spiro atoms. The topological polar surface area (TPSA) is 44.1 Å². The number of ether oxygens (including phenoxy) is 1. The third-order valence-corrected chi connectivity index (χ3v) is 4.98. The molecule has 0 aliphatic heterocycles. The zero-order valence-corrected chi connectivity index (χ0v) is 14.3. The van der Waals surface area contributed by atoms with E-state index < -0.39 is 0 Å². The molecule has 0 aliphatic carbocycles. The highest BCUT2D eigenvalue weighted by Crippen LogP contribution is 2.28. The van der Waals surface area contributed by atoms with Crippen LogP contribution in [-0.2, 0) is 9.53 Å². The maximum absolute atomic E-state index is 11.8. The quantitative estimate of drug-likeness (QED) is 0.450. The van der Waals surface area contributed by atoms with Gasteiger partial charge in [0.1, 0.15) is 5.25 Å². The highest BCUT2D eigenvalue weighted by molar-refractivity contribution is 8.02. The molecule has 1 aromatic carbocycles. The minimum atomic E-state index is -0.290. The van der Waals surface area contributed by atoms with E-state index >= 15 is 0 Å². The van der Waals surface area contributed by atoms with Gasteiger partial charge in [0.05, 0.1) is 12.3 Å². The van der Waals surface area contributed by atoms with Crippen molar-refractivity contribution in [3.05, 3.63) is 34.3 Å². The van der Waals surface area contributed by atoms with Crippen LogP contribution in [0.4, 0.5) is 0 Å². The minimum absolute atomic E-state index is 0.214. The Morgan fingerprint density at radius 3 is 2.86 bits per heavy atom. The highest BCUT2D eigenvalue weighted by Gasteiger charge is 2.18. The van der Waals surface area contributed by atoms with E-state index in [0.717, 1.165) is 16.4 Å². The molecular weight excluding hydrogens is 324 g/mol. The lowest BCUT2D eigenvalue weighted by Crippen LogP contribution is -2.17. The van der Waals surface area contributed by atoms with Crippen LogP contribution in [0, 0.1) is 3.95 Å². The van der Waals surface area contributed by atoms with Crippen molar-refractivity contribution in [1.82, 2.24) is 9.78 Å². The predicted molar refractivity (Wildman–Crippen MR) is 88.8 cm³/mol. The number of para-hydroxylation sites is 1. The van der Waals surface area contributed by atoms with E-state index in [9.17, 15) is 4.79 Å². The Bertz CT molecular complexity index is 652. The van der Waals surface area contributed by atoms with Crippen LogP contribution >= 0.6 is 35.3 Å². The van der Waals surface area contributed by atoms with Gasteiger partial charge in [-0.3, -0.25) is 4.79 Å². The summed E-state index contributed by atoms with van der Waals surface area (Å²) in [6.07, 6.45) is 0.824. The lowest BCUT2D eigenvalue weighted by atomic mass is 10.3. The maximum atomic E-state index is 11.8. The number of aromatic nitrogens is 2. The molecule has 0 amide bonds. The van der Waals surface area contributed by atoms with E-state index in [4.69, 9.17) is 17.0 Å². The van der Waals surface area contributed by atoms with Crippen LogP contribution < -0.4 is 0 Å². The highest BCUT2D eigenvalue weighted by atomic mass is 32.2. The van der Waals surface area contributed by atoms with E-state index in [1.807, 2.05) is 44.2 Å². The molecule has 112 valence electrons. The second-order valence-corrected chi connectivity index (χ2v) is 7.52. The number of carbonyl (C=O) groups is 1. The Labute approximate surface area is 137 Å². The Hall–Kier alpha value is -1.18. The number of esters is 1. The summed E-state index contributed by atoms with van der Waals surface area (Å²) >= 11 is 8.11. The summed E-state index contributed by atoms with van der Waals surface area (Å²) in [7, 11) is 0. The molecule has 0 saturated heterocycles. The van der Waals surface area contributed by atoms with E-state index in [-0.39, 0.29) is 11.2 Å². The largest absolute Gasteiger partial charge is 0.465 e.